The third-order valence-electron chi connectivity index (χ3n) is 3.89. The summed E-state index contributed by atoms with van der Waals surface area (Å²) in [5.74, 6) is 1.56. The predicted octanol–water partition coefficient (Wildman–Crippen LogP) is 4.57. The van der Waals surface area contributed by atoms with E-state index in [1.165, 1.54) is 18.7 Å². The minimum atomic E-state index is -0.332. The van der Waals surface area contributed by atoms with E-state index in [1.54, 1.807) is 18.7 Å². The number of carbonyl (C=O) groups is 2. The number of rotatable bonds is 6. The van der Waals surface area contributed by atoms with Crippen molar-refractivity contribution in [2.24, 2.45) is 7.05 Å². The summed E-state index contributed by atoms with van der Waals surface area (Å²) in [7, 11) is 1.91. The van der Waals surface area contributed by atoms with Gasteiger partial charge in [0, 0.05) is 48.4 Å². The Morgan fingerprint density at radius 2 is 1.89 bits per heavy atom. The minimum Gasteiger partial charge on any atom is -0.426 e. The summed E-state index contributed by atoms with van der Waals surface area (Å²) in [6, 6.07) is 13.9. The molecular weight excluding hydrogens is 380 g/mol. The molecule has 0 aliphatic rings. The molecule has 0 aliphatic heterocycles. The highest BCUT2D eigenvalue weighted by atomic mass is 32.2. The number of hydrogen-bond donors (Lipinski definition) is 0. The molecule has 27 heavy (non-hydrogen) atoms. The maximum Gasteiger partial charge on any atom is 0.308 e. The van der Waals surface area contributed by atoms with Crippen molar-refractivity contribution in [2.75, 3.05) is 0 Å². The van der Waals surface area contributed by atoms with Crippen LogP contribution in [0.4, 0.5) is 0 Å². The molecule has 0 aliphatic carbocycles. The van der Waals surface area contributed by atoms with E-state index in [4.69, 9.17) is 4.74 Å². The van der Waals surface area contributed by atoms with Crippen LogP contribution in [0.25, 0.3) is 10.8 Å². The molecule has 2 aromatic carbocycles. The molecule has 0 N–H and O–H groups in total. The summed E-state index contributed by atoms with van der Waals surface area (Å²) >= 11 is 2.92. The minimum absolute atomic E-state index is 0.0887. The van der Waals surface area contributed by atoms with E-state index in [9.17, 15) is 9.59 Å². The molecule has 0 amide bonds. The molecule has 0 fully saturated rings. The molecule has 0 saturated heterocycles. The van der Waals surface area contributed by atoms with Crippen LogP contribution in [-0.4, -0.2) is 20.9 Å². The van der Waals surface area contributed by atoms with Gasteiger partial charge >= 0.3 is 5.97 Å². The molecule has 3 rings (SSSR count). The molecular formula is C20H20N2O3S2. The van der Waals surface area contributed by atoms with Crippen molar-refractivity contribution >= 4 is 45.4 Å². The quantitative estimate of drug-likeness (QED) is 0.343. The first-order valence-electron chi connectivity index (χ1n) is 8.41. The van der Waals surface area contributed by atoms with Crippen molar-refractivity contribution in [3.8, 4) is 5.75 Å². The summed E-state index contributed by atoms with van der Waals surface area (Å²) in [4.78, 5) is 23.6. The van der Waals surface area contributed by atoms with Gasteiger partial charge in [-0.25, -0.2) is 0 Å². The van der Waals surface area contributed by atoms with Crippen LogP contribution in [0.15, 0.2) is 47.4 Å². The van der Waals surface area contributed by atoms with Crippen molar-refractivity contribution in [1.29, 1.82) is 0 Å². The molecule has 0 unspecified atom stereocenters. The largest absolute Gasteiger partial charge is 0.426 e. The van der Waals surface area contributed by atoms with E-state index in [0.29, 0.717) is 11.5 Å². The van der Waals surface area contributed by atoms with Crippen LogP contribution >= 0.6 is 23.5 Å². The number of esters is 1. The highest BCUT2D eigenvalue weighted by molar-refractivity contribution is 8.12. The molecule has 0 radical (unpaired) electrons. The lowest BCUT2D eigenvalue weighted by Gasteiger charge is -2.10. The third-order valence-corrected chi connectivity index (χ3v) is 5.74. The molecule has 0 atom stereocenters. The first-order valence-corrected chi connectivity index (χ1v) is 10.4. The highest BCUT2D eigenvalue weighted by Gasteiger charge is 2.10. The maximum atomic E-state index is 11.4. The van der Waals surface area contributed by atoms with Gasteiger partial charge in [0.2, 0.25) is 0 Å². The van der Waals surface area contributed by atoms with Crippen molar-refractivity contribution in [3.05, 3.63) is 53.9 Å². The van der Waals surface area contributed by atoms with Crippen LogP contribution in [0.2, 0.25) is 0 Å². The molecule has 0 bridgehead atoms. The molecule has 0 spiro atoms. The second kappa shape index (κ2) is 8.63. The number of aryl methyl sites for hydroxylation is 1. The van der Waals surface area contributed by atoms with Gasteiger partial charge in [0.05, 0.1) is 5.69 Å². The fraction of sp³-hybridized carbons (Fsp3) is 0.250. The van der Waals surface area contributed by atoms with Gasteiger partial charge in [-0.2, -0.15) is 5.10 Å². The van der Waals surface area contributed by atoms with E-state index in [-0.39, 0.29) is 11.1 Å². The molecule has 7 heteroatoms. The van der Waals surface area contributed by atoms with E-state index in [1.807, 2.05) is 48.1 Å². The number of thioether (sulfide) groups is 2. The molecule has 1 heterocycles. The van der Waals surface area contributed by atoms with Gasteiger partial charge in [-0.3, -0.25) is 14.3 Å². The van der Waals surface area contributed by atoms with Crippen LogP contribution < -0.4 is 4.74 Å². The Labute approximate surface area is 166 Å². The Bertz CT molecular complexity index is 998. The normalized spacial score (nSPS) is 10.9. The summed E-state index contributed by atoms with van der Waals surface area (Å²) < 4.78 is 7.24. The Kier molecular flexibility index (Phi) is 6.23. The van der Waals surface area contributed by atoms with Crippen molar-refractivity contribution in [3.63, 3.8) is 0 Å². The van der Waals surface area contributed by atoms with Gasteiger partial charge in [-0.1, -0.05) is 36.0 Å². The lowest BCUT2D eigenvalue weighted by Crippen LogP contribution is -2.02. The molecule has 0 saturated carbocycles. The SMILES string of the molecule is CC(=O)Oc1cc(SCc2cc(CSC(C)=O)nn2C)cc2ccccc12. The third kappa shape index (κ3) is 5.14. The second-order valence-corrected chi connectivity index (χ2v) is 8.26. The summed E-state index contributed by atoms with van der Waals surface area (Å²) in [6.45, 7) is 2.97. The summed E-state index contributed by atoms with van der Waals surface area (Å²) in [5, 5.41) is 6.50. The van der Waals surface area contributed by atoms with E-state index < -0.39 is 0 Å². The van der Waals surface area contributed by atoms with Gasteiger partial charge in [0.1, 0.15) is 5.75 Å². The van der Waals surface area contributed by atoms with Crippen LogP contribution in [-0.2, 0) is 28.1 Å². The van der Waals surface area contributed by atoms with E-state index >= 15 is 0 Å². The molecule has 5 nitrogen and oxygen atoms in total. The van der Waals surface area contributed by atoms with Gasteiger partial charge < -0.3 is 4.74 Å². The average molecular weight is 401 g/mol. The van der Waals surface area contributed by atoms with Gasteiger partial charge in [0.15, 0.2) is 5.12 Å². The lowest BCUT2D eigenvalue weighted by molar-refractivity contribution is -0.131. The maximum absolute atomic E-state index is 11.4. The number of benzene rings is 2. The Balaban J connectivity index is 1.79. The smallest absolute Gasteiger partial charge is 0.308 e. The Morgan fingerprint density at radius 3 is 2.63 bits per heavy atom. The topological polar surface area (TPSA) is 61.2 Å². The predicted molar refractivity (Wildman–Crippen MR) is 110 cm³/mol. The fourth-order valence-corrected chi connectivity index (χ4v) is 4.16. The van der Waals surface area contributed by atoms with Crippen LogP contribution in [0.1, 0.15) is 25.2 Å². The number of hydrogen-bond acceptors (Lipinski definition) is 6. The van der Waals surface area contributed by atoms with Crippen molar-refractivity contribution < 1.29 is 14.3 Å². The fourth-order valence-electron chi connectivity index (χ4n) is 2.68. The first-order chi connectivity index (χ1) is 12.9. The zero-order valence-electron chi connectivity index (χ0n) is 15.4. The van der Waals surface area contributed by atoms with E-state index in [0.717, 1.165) is 32.8 Å². The highest BCUT2D eigenvalue weighted by Crippen LogP contribution is 2.33. The molecule has 1 aromatic heterocycles. The zero-order chi connectivity index (χ0) is 19.4. The van der Waals surface area contributed by atoms with E-state index in [2.05, 4.69) is 11.2 Å². The van der Waals surface area contributed by atoms with Crippen LogP contribution in [0.3, 0.4) is 0 Å². The number of carbonyl (C=O) groups excluding carboxylic acids is 2. The Hall–Kier alpha value is -2.25. The number of ether oxygens (including phenoxy) is 1. The summed E-state index contributed by atoms with van der Waals surface area (Å²) in [6.07, 6.45) is 0. The number of aromatic nitrogens is 2. The van der Waals surface area contributed by atoms with Crippen LogP contribution in [0.5, 0.6) is 5.75 Å². The van der Waals surface area contributed by atoms with Gasteiger partial charge in [0.25, 0.3) is 0 Å². The number of nitrogens with zero attached hydrogens (tertiary/aromatic N) is 2. The molecule has 3 aromatic rings. The zero-order valence-corrected chi connectivity index (χ0v) is 17.0. The van der Waals surface area contributed by atoms with Crippen molar-refractivity contribution in [1.82, 2.24) is 9.78 Å². The Morgan fingerprint density at radius 1 is 1.11 bits per heavy atom. The van der Waals surface area contributed by atoms with Crippen molar-refractivity contribution in [2.45, 2.75) is 30.2 Å². The standard InChI is InChI=1S/C20H20N2O3S2/c1-13(23)25-20-10-18(8-15-6-4-5-7-19(15)20)27-12-17-9-16(21-22(17)3)11-26-14(2)24/h4-10H,11-12H2,1-3H3. The number of fused-ring (bicyclic) bond motifs is 1. The van der Waals surface area contributed by atoms with Gasteiger partial charge in [-0.05, 0) is 23.6 Å². The lowest BCUT2D eigenvalue weighted by atomic mass is 10.1. The van der Waals surface area contributed by atoms with Gasteiger partial charge in [-0.15, -0.1) is 11.8 Å². The first kappa shape index (κ1) is 19.5. The average Bonchev–Trinajstić information content (AvgIpc) is 2.97. The monoisotopic (exact) mass is 400 g/mol. The molecule has 140 valence electrons. The van der Waals surface area contributed by atoms with Crippen LogP contribution in [0, 0.1) is 0 Å². The second-order valence-electron chi connectivity index (χ2n) is 6.06. The summed E-state index contributed by atoms with van der Waals surface area (Å²) in [5.41, 5.74) is 1.97.